The van der Waals surface area contributed by atoms with Gasteiger partial charge in [-0.3, -0.25) is 4.68 Å². The summed E-state index contributed by atoms with van der Waals surface area (Å²) in [6.07, 6.45) is -4.40. The zero-order valence-electron chi connectivity index (χ0n) is 11.0. The van der Waals surface area contributed by atoms with E-state index in [-0.39, 0.29) is 6.54 Å². The van der Waals surface area contributed by atoms with Crippen LogP contribution in [-0.2, 0) is 19.8 Å². The molecule has 0 fully saturated rings. The summed E-state index contributed by atoms with van der Waals surface area (Å²) in [6.45, 7) is 0.185. The first kappa shape index (κ1) is 14.2. The Kier molecular flexibility index (Phi) is 3.87. The molecule has 2 rings (SSSR count). The van der Waals surface area contributed by atoms with E-state index in [1.165, 1.54) is 14.2 Å². The van der Waals surface area contributed by atoms with Gasteiger partial charge in [0, 0.05) is 7.05 Å². The summed E-state index contributed by atoms with van der Waals surface area (Å²) in [6, 6.07) is 8.20. The molecule has 0 bridgehead atoms. The third-order valence-corrected chi connectivity index (χ3v) is 2.79. The quantitative estimate of drug-likeness (QED) is 0.938. The van der Waals surface area contributed by atoms with Gasteiger partial charge in [-0.15, -0.1) is 0 Å². The lowest BCUT2D eigenvalue weighted by molar-refractivity contribution is -0.143. The molecular formula is C13H14F3N3O. The Hall–Kier alpha value is -2.18. The highest BCUT2D eigenvalue weighted by molar-refractivity contribution is 5.56. The van der Waals surface area contributed by atoms with Crippen molar-refractivity contribution in [1.82, 2.24) is 9.78 Å². The number of hydrogen-bond donors (Lipinski definition) is 1. The fourth-order valence-electron chi connectivity index (χ4n) is 1.85. The fraction of sp³-hybridized carbons (Fsp3) is 0.308. The first-order valence-electron chi connectivity index (χ1n) is 5.89. The number of methoxy groups -OCH3 is 1. The average molecular weight is 285 g/mol. The maximum absolute atomic E-state index is 12.6. The summed E-state index contributed by atoms with van der Waals surface area (Å²) >= 11 is 0. The predicted molar refractivity (Wildman–Crippen MR) is 68.5 cm³/mol. The predicted octanol–water partition coefficient (Wildman–Crippen LogP) is 3.06. The molecule has 0 radical (unpaired) electrons. The van der Waals surface area contributed by atoms with Gasteiger partial charge in [-0.2, -0.15) is 18.3 Å². The van der Waals surface area contributed by atoms with Crippen LogP contribution in [0.5, 0.6) is 5.75 Å². The van der Waals surface area contributed by atoms with E-state index in [0.29, 0.717) is 17.1 Å². The van der Waals surface area contributed by atoms with Crippen molar-refractivity contribution >= 4 is 5.69 Å². The maximum atomic E-state index is 12.6. The van der Waals surface area contributed by atoms with Gasteiger partial charge in [-0.05, 0) is 18.2 Å². The fourth-order valence-corrected chi connectivity index (χ4v) is 1.85. The molecule has 0 saturated carbocycles. The maximum Gasteiger partial charge on any atom is 0.433 e. The molecular weight excluding hydrogens is 271 g/mol. The molecule has 2 aromatic rings. The van der Waals surface area contributed by atoms with Gasteiger partial charge in [0.1, 0.15) is 11.4 Å². The molecule has 1 aromatic carbocycles. The lowest BCUT2D eigenvalue weighted by atomic mass is 10.3. The van der Waals surface area contributed by atoms with Gasteiger partial charge in [0.15, 0.2) is 0 Å². The molecule has 0 aliphatic heterocycles. The number of nitrogens with one attached hydrogen (secondary N) is 1. The van der Waals surface area contributed by atoms with Crippen molar-refractivity contribution in [2.45, 2.75) is 12.7 Å². The summed E-state index contributed by atoms with van der Waals surface area (Å²) in [4.78, 5) is 0. The Morgan fingerprint density at radius 2 is 2.00 bits per heavy atom. The molecule has 0 unspecified atom stereocenters. The van der Waals surface area contributed by atoms with E-state index < -0.39 is 11.9 Å². The zero-order valence-corrected chi connectivity index (χ0v) is 11.0. The first-order valence-corrected chi connectivity index (χ1v) is 5.89. The van der Waals surface area contributed by atoms with Crippen molar-refractivity contribution in [3.63, 3.8) is 0 Å². The van der Waals surface area contributed by atoms with Crippen LogP contribution in [0.4, 0.5) is 18.9 Å². The van der Waals surface area contributed by atoms with Crippen molar-refractivity contribution in [3.05, 3.63) is 41.7 Å². The summed E-state index contributed by atoms with van der Waals surface area (Å²) in [5, 5.41) is 6.85. The van der Waals surface area contributed by atoms with Crippen LogP contribution < -0.4 is 10.1 Å². The lowest BCUT2D eigenvalue weighted by Gasteiger charge is -2.09. The van der Waals surface area contributed by atoms with Crippen LogP contribution in [0.3, 0.4) is 0 Å². The van der Waals surface area contributed by atoms with Gasteiger partial charge in [-0.25, -0.2) is 0 Å². The first-order chi connectivity index (χ1) is 9.41. The number of ether oxygens (including phenoxy) is 1. The number of rotatable bonds is 4. The molecule has 0 amide bonds. The average Bonchev–Trinajstić information content (AvgIpc) is 2.78. The van der Waals surface area contributed by atoms with Gasteiger partial charge in [-0.1, -0.05) is 12.1 Å². The molecule has 4 nitrogen and oxygen atoms in total. The number of aryl methyl sites for hydroxylation is 1. The second-order valence-electron chi connectivity index (χ2n) is 4.20. The summed E-state index contributed by atoms with van der Waals surface area (Å²) in [5.41, 5.74) is 0.245. The van der Waals surface area contributed by atoms with Crippen LogP contribution in [0.25, 0.3) is 0 Å². The highest BCUT2D eigenvalue weighted by atomic mass is 19.4. The third-order valence-electron chi connectivity index (χ3n) is 2.79. The second kappa shape index (κ2) is 5.44. The number of aromatic nitrogens is 2. The largest absolute Gasteiger partial charge is 0.495 e. The Morgan fingerprint density at radius 1 is 1.30 bits per heavy atom. The van der Waals surface area contributed by atoms with E-state index in [2.05, 4.69) is 10.4 Å². The van der Waals surface area contributed by atoms with Crippen LogP contribution >= 0.6 is 0 Å². The van der Waals surface area contributed by atoms with Gasteiger partial charge in [0.25, 0.3) is 0 Å². The van der Waals surface area contributed by atoms with E-state index in [1.54, 1.807) is 12.1 Å². The Morgan fingerprint density at radius 3 is 2.60 bits per heavy atom. The van der Waals surface area contributed by atoms with Gasteiger partial charge < -0.3 is 10.1 Å². The highest BCUT2D eigenvalue weighted by Crippen LogP contribution is 2.29. The summed E-state index contributed by atoms with van der Waals surface area (Å²) < 4.78 is 43.9. The SMILES string of the molecule is COc1ccccc1NCc1cc(C(F)(F)F)n(C)n1. The molecule has 1 heterocycles. The number of benzene rings is 1. The van der Waals surface area contributed by atoms with Gasteiger partial charge in [0.2, 0.25) is 0 Å². The minimum absolute atomic E-state index is 0.185. The topological polar surface area (TPSA) is 39.1 Å². The molecule has 0 spiro atoms. The zero-order chi connectivity index (χ0) is 14.8. The normalized spacial score (nSPS) is 11.4. The van der Waals surface area contributed by atoms with E-state index in [1.807, 2.05) is 12.1 Å². The Balaban J connectivity index is 2.12. The molecule has 1 N–H and O–H groups in total. The molecule has 0 aliphatic carbocycles. The van der Waals surface area contributed by atoms with Crippen molar-refractivity contribution in [2.75, 3.05) is 12.4 Å². The molecule has 0 saturated heterocycles. The molecule has 1 aromatic heterocycles. The van der Waals surface area contributed by atoms with Crippen molar-refractivity contribution in [1.29, 1.82) is 0 Å². The van der Waals surface area contributed by atoms with Crippen LogP contribution in [-0.4, -0.2) is 16.9 Å². The number of halogens is 3. The van der Waals surface area contributed by atoms with Crippen molar-refractivity contribution in [2.24, 2.45) is 7.05 Å². The number of nitrogens with zero attached hydrogens (tertiary/aromatic N) is 2. The molecule has 0 atom stereocenters. The Bertz CT molecular complexity index is 593. The standard InChI is InChI=1S/C13H14F3N3O/c1-19-12(13(14,15)16)7-9(18-19)8-17-10-5-3-4-6-11(10)20-2/h3-7,17H,8H2,1-2H3. The van der Waals surface area contributed by atoms with Gasteiger partial charge >= 0.3 is 6.18 Å². The molecule has 7 heteroatoms. The monoisotopic (exact) mass is 285 g/mol. The minimum atomic E-state index is -4.40. The van der Waals surface area contributed by atoms with Crippen LogP contribution in [0, 0.1) is 0 Å². The third kappa shape index (κ3) is 3.04. The number of hydrogen-bond acceptors (Lipinski definition) is 3. The Labute approximate surface area is 114 Å². The molecule has 0 aliphatic rings. The van der Waals surface area contributed by atoms with E-state index in [4.69, 9.17) is 4.74 Å². The van der Waals surface area contributed by atoms with Crippen molar-refractivity contribution in [3.8, 4) is 5.75 Å². The number of anilines is 1. The van der Waals surface area contributed by atoms with E-state index in [0.717, 1.165) is 10.7 Å². The van der Waals surface area contributed by atoms with E-state index >= 15 is 0 Å². The highest BCUT2D eigenvalue weighted by Gasteiger charge is 2.34. The smallest absolute Gasteiger partial charge is 0.433 e. The number of alkyl halides is 3. The van der Waals surface area contributed by atoms with Crippen LogP contribution in [0.2, 0.25) is 0 Å². The second-order valence-corrected chi connectivity index (χ2v) is 4.20. The molecule has 108 valence electrons. The number of para-hydroxylation sites is 2. The van der Waals surface area contributed by atoms with Gasteiger partial charge in [0.05, 0.1) is 25.0 Å². The van der Waals surface area contributed by atoms with E-state index in [9.17, 15) is 13.2 Å². The van der Waals surface area contributed by atoms with Crippen molar-refractivity contribution < 1.29 is 17.9 Å². The van der Waals surface area contributed by atoms with Crippen LogP contribution in [0.1, 0.15) is 11.4 Å². The molecule has 20 heavy (non-hydrogen) atoms. The minimum Gasteiger partial charge on any atom is -0.495 e. The summed E-state index contributed by atoms with van der Waals surface area (Å²) in [7, 11) is 2.80. The lowest BCUT2D eigenvalue weighted by Crippen LogP contribution is -2.11. The summed E-state index contributed by atoms with van der Waals surface area (Å²) in [5.74, 6) is 0.625. The van der Waals surface area contributed by atoms with Crippen LogP contribution in [0.15, 0.2) is 30.3 Å².